The quantitative estimate of drug-likeness (QED) is 0.694. The van der Waals surface area contributed by atoms with Crippen LogP contribution in [0.3, 0.4) is 0 Å². The van der Waals surface area contributed by atoms with E-state index in [-0.39, 0.29) is 5.56 Å². The van der Waals surface area contributed by atoms with Gasteiger partial charge in [-0.3, -0.25) is 4.79 Å². The highest BCUT2D eigenvalue weighted by atomic mass is 32.1. The maximum atomic E-state index is 12.6. The van der Waals surface area contributed by atoms with E-state index in [1.54, 1.807) is 11.3 Å². The summed E-state index contributed by atoms with van der Waals surface area (Å²) in [5, 5.41) is 4.07. The van der Waals surface area contributed by atoms with Crippen LogP contribution >= 0.6 is 11.3 Å². The lowest BCUT2D eigenvalue weighted by atomic mass is 9.98. The zero-order valence-corrected chi connectivity index (χ0v) is 15.2. The minimum atomic E-state index is -0.0208. The van der Waals surface area contributed by atoms with Gasteiger partial charge in [-0.05, 0) is 37.0 Å². The monoisotopic (exact) mass is 341 g/mol. The van der Waals surface area contributed by atoms with Crippen LogP contribution in [-0.4, -0.2) is 9.97 Å². The van der Waals surface area contributed by atoms with Crippen LogP contribution in [0.4, 0.5) is 5.69 Å². The molecule has 0 amide bonds. The first-order valence-corrected chi connectivity index (χ1v) is 9.20. The van der Waals surface area contributed by atoms with Gasteiger partial charge in [0.25, 0.3) is 5.56 Å². The number of para-hydroxylation sites is 1. The second kappa shape index (κ2) is 7.18. The van der Waals surface area contributed by atoms with Crippen LogP contribution < -0.4 is 10.9 Å². The van der Waals surface area contributed by atoms with Crippen LogP contribution in [-0.2, 0) is 13.0 Å². The molecule has 0 fully saturated rings. The molecular weight excluding hydrogens is 318 g/mol. The number of fused-ring (bicyclic) bond motifs is 1. The Bertz CT molecular complexity index is 883. The van der Waals surface area contributed by atoms with Gasteiger partial charge in [-0.1, -0.05) is 38.5 Å². The summed E-state index contributed by atoms with van der Waals surface area (Å²) in [5.41, 5.74) is 2.16. The van der Waals surface area contributed by atoms with Crippen LogP contribution in [0, 0.1) is 12.8 Å². The van der Waals surface area contributed by atoms with Crippen molar-refractivity contribution in [3.05, 3.63) is 57.0 Å². The number of nitrogens with zero attached hydrogens (tertiary/aromatic N) is 1. The zero-order valence-electron chi connectivity index (χ0n) is 14.3. The van der Waals surface area contributed by atoms with E-state index in [4.69, 9.17) is 0 Å². The summed E-state index contributed by atoms with van der Waals surface area (Å²) in [4.78, 5) is 22.3. The standard InChI is InChI=1S/C19H23N3OS/c1-4-12(2)10-15-13(3)24-19-17(15)18(23)21-16(22-19)11-20-14-8-6-5-7-9-14/h5-9,12,20H,4,10-11H2,1-3H3,(H,21,22,23)/t12-/m1/s1. The smallest absolute Gasteiger partial charge is 0.259 e. The summed E-state index contributed by atoms with van der Waals surface area (Å²) in [5.74, 6) is 1.24. The molecule has 0 radical (unpaired) electrons. The molecule has 3 aromatic rings. The summed E-state index contributed by atoms with van der Waals surface area (Å²) < 4.78 is 0. The summed E-state index contributed by atoms with van der Waals surface area (Å²) in [6.45, 7) is 7.01. The van der Waals surface area contributed by atoms with Crippen molar-refractivity contribution in [3.63, 3.8) is 0 Å². The highest BCUT2D eigenvalue weighted by Gasteiger charge is 2.16. The summed E-state index contributed by atoms with van der Waals surface area (Å²) in [7, 11) is 0. The van der Waals surface area contributed by atoms with Crippen molar-refractivity contribution in [2.75, 3.05) is 5.32 Å². The molecule has 0 saturated heterocycles. The fraction of sp³-hybridized carbons (Fsp3) is 0.368. The molecule has 0 spiro atoms. The van der Waals surface area contributed by atoms with Crippen molar-refractivity contribution in [3.8, 4) is 0 Å². The average Bonchev–Trinajstić information content (AvgIpc) is 2.89. The number of hydrogen-bond acceptors (Lipinski definition) is 4. The molecule has 0 unspecified atom stereocenters. The van der Waals surface area contributed by atoms with E-state index < -0.39 is 0 Å². The number of rotatable bonds is 6. The van der Waals surface area contributed by atoms with E-state index in [0.717, 1.165) is 28.7 Å². The second-order valence-electron chi connectivity index (χ2n) is 6.27. The van der Waals surface area contributed by atoms with Crippen LogP contribution in [0.5, 0.6) is 0 Å². The Morgan fingerprint density at radius 2 is 2.04 bits per heavy atom. The van der Waals surface area contributed by atoms with Gasteiger partial charge in [0.2, 0.25) is 0 Å². The van der Waals surface area contributed by atoms with Crippen molar-refractivity contribution in [2.45, 2.75) is 40.2 Å². The number of anilines is 1. The number of aromatic amines is 1. The number of nitrogens with one attached hydrogen (secondary N) is 2. The molecule has 0 aliphatic rings. The van der Waals surface area contributed by atoms with E-state index in [0.29, 0.717) is 18.3 Å². The van der Waals surface area contributed by atoms with Crippen molar-refractivity contribution >= 4 is 27.2 Å². The Morgan fingerprint density at radius 3 is 2.75 bits per heavy atom. The molecule has 1 aromatic carbocycles. The fourth-order valence-corrected chi connectivity index (χ4v) is 3.86. The maximum absolute atomic E-state index is 12.6. The largest absolute Gasteiger partial charge is 0.378 e. The molecule has 126 valence electrons. The minimum absolute atomic E-state index is 0.0208. The predicted octanol–water partition coefficient (Wildman–Crippen LogP) is 4.49. The highest BCUT2D eigenvalue weighted by molar-refractivity contribution is 7.18. The van der Waals surface area contributed by atoms with Gasteiger partial charge in [0, 0.05) is 10.6 Å². The predicted molar refractivity (Wildman–Crippen MR) is 102 cm³/mol. The highest BCUT2D eigenvalue weighted by Crippen LogP contribution is 2.29. The van der Waals surface area contributed by atoms with Gasteiger partial charge < -0.3 is 10.3 Å². The Labute approximate surface area is 146 Å². The number of aryl methyl sites for hydroxylation is 1. The Balaban J connectivity index is 1.89. The molecule has 5 heteroatoms. The lowest BCUT2D eigenvalue weighted by molar-refractivity contribution is 0.561. The molecule has 0 aliphatic heterocycles. The van der Waals surface area contributed by atoms with Gasteiger partial charge in [-0.15, -0.1) is 11.3 Å². The average molecular weight is 341 g/mol. The van der Waals surface area contributed by atoms with Crippen molar-refractivity contribution in [1.82, 2.24) is 9.97 Å². The summed E-state index contributed by atoms with van der Waals surface area (Å²) in [6.07, 6.45) is 2.05. The molecule has 24 heavy (non-hydrogen) atoms. The second-order valence-corrected chi connectivity index (χ2v) is 7.47. The van der Waals surface area contributed by atoms with Crippen LogP contribution in [0.2, 0.25) is 0 Å². The van der Waals surface area contributed by atoms with Gasteiger partial charge >= 0.3 is 0 Å². The molecule has 0 saturated carbocycles. The van der Waals surface area contributed by atoms with Crippen molar-refractivity contribution in [2.24, 2.45) is 5.92 Å². The van der Waals surface area contributed by atoms with E-state index in [2.05, 4.69) is 36.1 Å². The molecule has 2 N–H and O–H groups in total. The normalized spacial score (nSPS) is 12.5. The van der Waals surface area contributed by atoms with Crippen molar-refractivity contribution in [1.29, 1.82) is 0 Å². The van der Waals surface area contributed by atoms with E-state index in [1.165, 1.54) is 10.4 Å². The number of hydrogen-bond donors (Lipinski definition) is 2. The Hall–Kier alpha value is -2.14. The van der Waals surface area contributed by atoms with E-state index in [9.17, 15) is 4.79 Å². The van der Waals surface area contributed by atoms with Gasteiger partial charge in [0.15, 0.2) is 0 Å². The lowest BCUT2D eigenvalue weighted by Crippen LogP contribution is -2.15. The SMILES string of the molecule is CC[C@@H](C)Cc1c(C)sc2nc(CNc3ccccc3)[nH]c(=O)c12. The first-order valence-electron chi connectivity index (χ1n) is 8.38. The summed E-state index contributed by atoms with van der Waals surface area (Å²) in [6, 6.07) is 9.92. The fourth-order valence-electron chi connectivity index (χ4n) is 2.78. The number of aromatic nitrogens is 2. The van der Waals surface area contributed by atoms with Gasteiger partial charge in [0.1, 0.15) is 10.7 Å². The van der Waals surface area contributed by atoms with E-state index in [1.807, 2.05) is 30.3 Å². The Morgan fingerprint density at radius 1 is 1.29 bits per heavy atom. The van der Waals surface area contributed by atoms with Gasteiger partial charge in [0.05, 0.1) is 11.9 Å². The van der Waals surface area contributed by atoms with Gasteiger partial charge in [-0.2, -0.15) is 0 Å². The van der Waals surface area contributed by atoms with Crippen LogP contribution in [0.25, 0.3) is 10.2 Å². The molecule has 4 nitrogen and oxygen atoms in total. The Kier molecular flexibility index (Phi) is 5.00. The summed E-state index contributed by atoms with van der Waals surface area (Å²) >= 11 is 1.62. The lowest BCUT2D eigenvalue weighted by Gasteiger charge is -2.08. The first-order chi connectivity index (χ1) is 11.6. The third-order valence-corrected chi connectivity index (χ3v) is 5.44. The maximum Gasteiger partial charge on any atom is 0.259 e. The molecular formula is C19H23N3OS. The molecule has 1 atom stereocenters. The molecule has 2 aromatic heterocycles. The van der Waals surface area contributed by atoms with E-state index >= 15 is 0 Å². The molecule has 0 bridgehead atoms. The number of H-pyrrole nitrogens is 1. The van der Waals surface area contributed by atoms with Gasteiger partial charge in [-0.25, -0.2) is 4.98 Å². The molecule has 0 aliphatic carbocycles. The first kappa shape index (κ1) is 16.7. The number of thiophene rings is 1. The number of benzene rings is 1. The third-order valence-electron chi connectivity index (χ3n) is 4.40. The van der Waals surface area contributed by atoms with Crippen molar-refractivity contribution < 1.29 is 0 Å². The molecule has 3 rings (SSSR count). The topological polar surface area (TPSA) is 57.8 Å². The molecule has 2 heterocycles. The zero-order chi connectivity index (χ0) is 17.1. The van der Waals surface area contributed by atoms with Crippen LogP contribution in [0.1, 0.15) is 36.5 Å². The van der Waals surface area contributed by atoms with Crippen LogP contribution in [0.15, 0.2) is 35.1 Å². The minimum Gasteiger partial charge on any atom is -0.378 e. The third kappa shape index (κ3) is 3.51.